The lowest BCUT2D eigenvalue weighted by Crippen LogP contribution is -2.54. The molecule has 0 aromatic heterocycles. The minimum Gasteiger partial charge on any atom is -0.338 e. The third-order valence-corrected chi connectivity index (χ3v) is 5.32. The smallest absolute Gasteiger partial charge is 0.255 e. The molecule has 1 fully saturated rings. The molecule has 0 atom stereocenters. The number of hydrogen-bond acceptors (Lipinski definition) is 2. The normalized spacial score (nSPS) is 15.0. The Kier molecular flexibility index (Phi) is 5.33. The molecule has 5 heteroatoms. The fourth-order valence-electron chi connectivity index (χ4n) is 3.29. The molecule has 4 nitrogen and oxygen atoms in total. The van der Waals surface area contributed by atoms with Gasteiger partial charge < -0.3 is 9.80 Å². The number of benzene rings is 2. The largest absolute Gasteiger partial charge is 0.338 e. The van der Waals surface area contributed by atoms with E-state index in [1.54, 1.807) is 29.2 Å². The van der Waals surface area contributed by atoms with Crippen LogP contribution in [0.4, 0.5) is 0 Å². The van der Waals surface area contributed by atoms with Crippen molar-refractivity contribution < 1.29 is 9.59 Å². The Morgan fingerprint density at radius 2 is 1.38 bits per heavy atom. The molecule has 26 heavy (non-hydrogen) atoms. The Hall–Kier alpha value is -2.33. The van der Waals surface area contributed by atoms with E-state index in [-0.39, 0.29) is 11.8 Å². The second kappa shape index (κ2) is 7.50. The van der Waals surface area contributed by atoms with Gasteiger partial charge in [0.05, 0.1) is 16.0 Å². The Balaban J connectivity index is 1.66. The van der Waals surface area contributed by atoms with Crippen molar-refractivity contribution >= 4 is 23.4 Å². The minimum atomic E-state index is -0.587. The maximum Gasteiger partial charge on any atom is 0.255 e. The highest BCUT2D eigenvalue weighted by Gasteiger charge is 2.35. The van der Waals surface area contributed by atoms with Gasteiger partial charge >= 0.3 is 0 Å². The monoisotopic (exact) mass is 370 g/mol. The lowest BCUT2D eigenvalue weighted by molar-refractivity contribution is -0.137. The third kappa shape index (κ3) is 3.61. The van der Waals surface area contributed by atoms with E-state index in [9.17, 15) is 9.59 Å². The molecular weight excluding hydrogens is 348 g/mol. The van der Waals surface area contributed by atoms with Crippen LogP contribution in [0.25, 0.3) is 0 Å². The summed E-state index contributed by atoms with van der Waals surface area (Å²) in [5.74, 6) is 0.0126. The summed E-state index contributed by atoms with van der Waals surface area (Å²) in [6.45, 7) is 6.00. The van der Waals surface area contributed by atoms with E-state index in [0.717, 1.165) is 5.56 Å². The first-order valence-corrected chi connectivity index (χ1v) is 9.18. The molecule has 2 amide bonds. The summed E-state index contributed by atoms with van der Waals surface area (Å²) in [4.78, 5) is 29.3. The second-order valence-corrected chi connectivity index (χ2v) is 7.46. The molecule has 1 aliphatic heterocycles. The zero-order chi connectivity index (χ0) is 18.7. The van der Waals surface area contributed by atoms with Gasteiger partial charge in [-0.15, -0.1) is 0 Å². The topological polar surface area (TPSA) is 40.6 Å². The van der Waals surface area contributed by atoms with Crippen LogP contribution < -0.4 is 0 Å². The highest BCUT2D eigenvalue weighted by Crippen LogP contribution is 2.26. The van der Waals surface area contributed by atoms with Gasteiger partial charge in [-0.25, -0.2) is 0 Å². The molecule has 2 aromatic rings. The fourth-order valence-corrected chi connectivity index (χ4v) is 3.51. The van der Waals surface area contributed by atoms with Gasteiger partial charge in [-0.1, -0.05) is 54.1 Å². The average Bonchev–Trinajstić information content (AvgIpc) is 2.68. The summed E-state index contributed by atoms with van der Waals surface area (Å²) in [6.07, 6.45) is 0. The summed E-state index contributed by atoms with van der Waals surface area (Å²) in [5, 5.41) is 0.459. The number of carbonyl (C=O) groups excluding carboxylic acids is 2. The van der Waals surface area contributed by atoms with Crippen molar-refractivity contribution in [2.24, 2.45) is 0 Å². The zero-order valence-corrected chi connectivity index (χ0v) is 15.9. The molecule has 3 rings (SSSR count). The molecule has 2 aromatic carbocycles. The van der Waals surface area contributed by atoms with Crippen LogP contribution in [0.5, 0.6) is 0 Å². The van der Waals surface area contributed by atoms with Crippen LogP contribution in [0.2, 0.25) is 5.02 Å². The van der Waals surface area contributed by atoms with Crippen molar-refractivity contribution in [3.05, 3.63) is 70.7 Å². The molecule has 1 saturated heterocycles. The summed E-state index contributed by atoms with van der Waals surface area (Å²) < 4.78 is 0. The van der Waals surface area contributed by atoms with Gasteiger partial charge in [0.1, 0.15) is 0 Å². The van der Waals surface area contributed by atoms with Gasteiger partial charge in [0.15, 0.2) is 0 Å². The zero-order valence-electron chi connectivity index (χ0n) is 15.1. The molecule has 0 saturated carbocycles. The number of carbonyl (C=O) groups is 2. The van der Waals surface area contributed by atoms with Crippen LogP contribution in [-0.2, 0) is 10.2 Å². The SMILES string of the molecule is CC(C)(C(=O)N1CCN(C(=O)c2ccccc2Cl)CC1)c1ccccc1. The number of piperazine rings is 1. The molecule has 0 unspecified atom stereocenters. The van der Waals surface area contributed by atoms with Crippen LogP contribution in [0.15, 0.2) is 54.6 Å². The van der Waals surface area contributed by atoms with Crippen LogP contribution in [-0.4, -0.2) is 47.8 Å². The first kappa shape index (κ1) is 18.5. The molecule has 1 heterocycles. The number of nitrogens with zero attached hydrogens (tertiary/aromatic N) is 2. The van der Waals surface area contributed by atoms with Gasteiger partial charge in [0.25, 0.3) is 5.91 Å². The van der Waals surface area contributed by atoms with Crippen molar-refractivity contribution in [1.29, 1.82) is 0 Å². The predicted octanol–water partition coefficient (Wildman–Crippen LogP) is 3.60. The number of halogens is 1. The maximum atomic E-state index is 13.0. The standard InChI is InChI=1S/C21H23ClN2O2/c1-21(2,16-8-4-3-5-9-16)20(26)24-14-12-23(13-15-24)19(25)17-10-6-7-11-18(17)22/h3-11H,12-15H2,1-2H3. The predicted molar refractivity (Wildman–Crippen MR) is 103 cm³/mol. The van der Waals surface area contributed by atoms with Gasteiger partial charge in [-0.2, -0.15) is 0 Å². The minimum absolute atomic E-state index is 0.0787. The number of hydrogen-bond donors (Lipinski definition) is 0. The van der Waals surface area contributed by atoms with Crippen LogP contribution in [0.1, 0.15) is 29.8 Å². The summed E-state index contributed by atoms with van der Waals surface area (Å²) in [7, 11) is 0. The lowest BCUT2D eigenvalue weighted by Gasteiger charge is -2.39. The Bertz CT molecular complexity index is 797. The fraction of sp³-hybridized carbons (Fsp3) is 0.333. The van der Waals surface area contributed by atoms with E-state index < -0.39 is 5.41 Å². The summed E-state index contributed by atoms with van der Waals surface area (Å²) in [5.41, 5.74) is 0.925. The Morgan fingerprint density at radius 3 is 2.00 bits per heavy atom. The molecule has 0 bridgehead atoms. The van der Waals surface area contributed by atoms with Gasteiger partial charge in [0.2, 0.25) is 5.91 Å². The van der Waals surface area contributed by atoms with Crippen molar-refractivity contribution in [3.8, 4) is 0 Å². The van der Waals surface area contributed by atoms with Gasteiger partial charge in [-0.05, 0) is 31.5 Å². The van der Waals surface area contributed by atoms with Crippen molar-refractivity contribution in [2.75, 3.05) is 26.2 Å². The highest BCUT2D eigenvalue weighted by molar-refractivity contribution is 6.33. The quantitative estimate of drug-likeness (QED) is 0.828. The van der Waals surface area contributed by atoms with Crippen LogP contribution in [0, 0.1) is 0 Å². The maximum absolute atomic E-state index is 13.0. The van der Waals surface area contributed by atoms with Gasteiger partial charge in [0, 0.05) is 26.2 Å². The number of amides is 2. The second-order valence-electron chi connectivity index (χ2n) is 7.06. The van der Waals surface area contributed by atoms with Crippen molar-refractivity contribution in [1.82, 2.24) is 9.80 Å². The molecule has 1 aliphatic rings. The highest BCUT2D eigenvalue weighted by atomic mass is 35.5. The Labute approximate surface area is 159 Å². The van der Waals surface area contributed by atoms with Crippen molar-refractivity contribution in [2.45, 2.75) is 19.3 Å². The Morgan fingerprint density at radius 1 is 0.846 bits per heavy atom. The van der Waals surface area contributed by atoms with E-state index >= 15 is 0 Å². The first-order chi connectivity index (χ1) is 12.4. The van der Waals surface area contributed by atoms with Crippen molar-refractivity contribution in [3.63, 3.8) is 0 Å². The molecule has 136 valence electrons. The van der Waals surface area contributed by atoms with E-state index in [1.807, 2.05) is 49.1 Å². The van der Waals surface area contributed by atoms with Crippen LogP contribution in [0.3, 0.4) is 0 Å². The molecule has 0 spiro atoms. The van der Waals surface area contributed by atoms with E-state index in [1.165, 1.54) is 0 Å². The third-order valence-electron chi connectivity index (χ3n) is 4.99. The van der Waals surface area contributed by atoms with E-state index in [0.29, 0.717) is 36.8 Å². The molecule has 0 N–H and O–H groups in total. The number of rotatable bonds is 3. The average molecular weight is 371 g/mol. The molecule has 0 aliphatic carbocycles. The summed E-state index contributed by atoms with van der Waals surface area (Å²) in [6, 6.07) is 16.9. The molecule has 0 radical (unpaired) electrons. The first-order valence-electron chi connectivity index (χ1n) is 8.80. The lowest BCUT2D eigenvalue weighted by atomic mass is 9.83. The van der Waals surface area contributed by atoms with E-state index in [2.05, 4.69) is 0 Å². The van der Waals surface area contributed by atoms with Gasteiger partial charge in [-0.3, -0.25) is 9.59 Å². The summed E-state index contributed by atoms with van der Waals surface area (Å²) >= 11 is 6.13. The van der Waals surface area contributed by atoms with E-state index in [4.69, 9.17) is 11.6 Å². The van der Waals surface area contributed by atoms with Crippen LogP contribution >= 0.6 is 11.6 Å². The molecular formula is C21H23ClN2O2.